The van der Waals surface area contributed by atoms with Gasteiger partial charge < -0.3 is 5.11 Å². The maximum absolute atomic E-state index is 12.2. The molecule has 0 aliphatic heterocycles. The highest BCUT2D eigenvalue weighted by Crippen LogP contribution is 2.30. The van der Waals surface area contributed by atoms with Gasteiger partial charge in [-0.3, -0.25) is 0 Å². The molecule has 5 heteroatoms. The van der Waals surface area contributed by atoms with Gasteiger partial charge in [-0.1, -0.05) is 18.6 Å². The molecule has 0 amide bonds. The lowest BCUT2D eigenvalue weighted by Gasteiger charge is -2.31. The average Bonchev–Trinajstić information content (AvgIpc) is 2.25. The smallest absolute Gasteiger partial charge is 0.240 e. The van der Waals surface area contributed by atoms with E-state index in [2.05, 4.69) is 4.72 Å². The fourth-order valence-electron chi connectivity index (χ4n) is 2.27. The Morgan fingerprint density at radius 3 is 2.21 bits per heavy atom. The van der Waals surface area contributed by atoms with Crippen LogP contribution in [0.3, 0.4) is 0 Å². The molecule has 2 rings (SSSR count). The summed E-state index contributed by atoms with van der Waals surface area (Å²) in [7, 11) is -3.45. The average molecular weight is 283 g/mol. The van der Waals surface area contributed by atoms with Gasteiger partial charge in [0.1, 0.15) is 0 Å². The molecular weight excluding hydrogens is 262 g/mol. The van der Waals surface area contributed by atoms with Crippen LogP contribution in [0.5, 0.6) is 0 Å². The normalized spacial score (nSPS) is 19.7. The minimum Gasteiger partial charge on any atom is -0.389 e. The van der Waals surface area contributed by atoms with Crippen molar-refractivity contribution in [3.05, 3.63) is 29.8 Å². The summed E-state index contributed by atoms with van der Waals surface area (Å²) in [6, 6.07) is 6.35. The summed E-state index contributed by atoms with van der Waals surface area (Å²) in [6.45, 7) is 3.58. The molecule has 0 saturated heterocycles. The van der Waals surface area contributed by atoms with Crippen molar-refractivity contribution in [2.24, 2.45) is 5.92 Å². The number of nitrogens with one attached hydrogen (secondary N) is 1. The van der Waals surface area contributed by atoms with E-state index in [1.807, 2.05) is 6.92 Å². The Hall–Kier alpha value is -0.910. The zero-order valence-corrected chi connectivity index (χ0v) is 12.2. The van der Waals surface area contributed by atoms with Crippen LogP contribution in [-0.4, -0.2) is 19.6 Å². The summed E-state index contributed by atoms with van der Waals surface area (Å²) in [5, 5.41) is 9.41. The van der Waals surface area contributed by atoms with Crippen LogP contribution >= 0.6 is 0 Å². The zero-order chi connectivity index (χ0) is 14.0. The van der Waals surface area contributed by atoms with Crippen molar-refractivity contribution in [3.63, 3.8) is 0 Å². The van der Waals surface area contributed by atoms with Gasteiger partial charge in [-0.05, 0) is 50.3 Å². The van der Waals surface area contributed by atoms with Crippen LogP contribution < -0.4 is 4.72 Å². The minimum absolute atomic E-state index is 0.0183. The third-order valence-electron chi connectivity index (χ3n) is 3.87. The molecule has 2 unspecified atom stereocenters. The maximum atomic E-state index is 12.2. The quantitative estimate of drug-likeness (QED) is 0.870. The fraction of sp³-hybridized carbons (Fsp3) is 0.571. The molecular formula is C14H21NO3S. The Morgan fingerprint density at radius 1 is 1.21 bits per heavy atom. The van der Waals surface area contributed by atoms with Gasteiger partial charge in [0.05, 0.1) is 11.0 Å². The Bertz CT molecular complexity index is 518. The predicted octanol–water partition coefficient (Wildman–Crippen LogP) is 2.21. The molecule has 0 radical (unpaired) electrons. The van der Waals surface area contributed by atoms with E-state index in [-0.39, 0.29) is 10.9 Å². The molecule has 106 valence electrons. The molecule has 0 heterocycles. The number of aliphatic hydroxyl groups is 1. The van der Waals surface area contributed by atoms with Crippen LogP contribution in [0.15, 0.2) is 29.2 Å². The van der Waals surface area contributed by atoms with E-state index in [0.717, 1.165) is 12.8 Å². The summed E-state index contributed by atoms with van der Waals surface area (Å²) in [4.78, 5) is 0.253. The monoisotopic (exact) mass is 283 g/mol. The molecule has 0 spiro atoms. The predicted molar refractivity (Wildman–Crippen MR) is 74.2 cm³/mol. The molecule has 4 nitrogen and oxygen atoms in total. The van der Waals surface area contributed by atoms with E-state index in [1.165, 1.54) is 18.6 Å². The van der Waals surface area contributed by atoms with E-state index >= 15 is 0 Å². The first-order chi connectivity index (χ1) is 8.90. The van der Waals surface area contributed by atoms with Gasteiger partial charge in [-0.2, -0.15) is 0 Å². The van der Waals surface area contributed by atoms with E-state index in [1.54, 1.807) is 19.1 Å². The third-order valence-corrected chi connectivity index (χ3v) is 5.45. The zero-order valence-electron chi connectivity index (χ0n) is 11.3. The number of rotatable bonds is 5. The number of benzene rings is 1. The molecule has 1 saturated carbocycles. The van der Waals surface area contributed by atoms with E-state index in [9.17, 15) is 13.5 Å². The summed E-state index contributed by atoms with van der Waals surface area (Å²) < 4.78 is 27.1. The maximum Gasteiger partial charge on any atom is 0.240 e. The van der Waals surface area contributed by atoms with E-state index < -0.39 is 16.1 Å². The van der Waals surface area contributed by atoms with E-state index in [0.29, 0.717) is 11.5 Å². The van der Waals surface area contributed by atoms with Crippen LogP contribution in [0.4, 0.5) is 0 Å². The summed E-state index contributed by atoms with van der Waals surface area (Å²) >= 11 is 0. The first-order valence-corrected chi connectivity index (χ1v) is 8.19. The van der Waals surface area contributed by atoms with Crippen molar-refractivity contribution in [2.45, 2.75) is 50.2 Å². The van der Waals surface area contributed by atoms with Gasteiger partial charge in [0.15, 0.2) is 0 Å². The van der Waals surface area contributed by atoms with Crippen molar-refractivity contribution < 1.29 is 13.5 Å². The van der Waals surface area contributed by atoms with Crippen molar-refractivity contribution in [1.29, 1.82) is 0 Å². The highest BCUT2D eigenvalue weighted by atomic mass is 32.2. The summed E-state index contributed by atoms with van der Waals surface area (Å²) in [5.74, 6) is 0.464. The van der Waals surface area contributed by atoms with Crippen molar-refractivity contribution in [3.8, 4) is 0 Å². The van der Waals surface area contributed by atoms with Gasteiger partial charge in [-0.15, -0.1) is 0 Å². The number of hydrogen-bond donors (Lipinski definition) is 2. The topological polar surface area (TPSA) is 66.4 Å². The van der Waals surface area contributed by atoms with Crippen molar-refractivity contribution >= 4 is 10.0 Å². The largest absolute Gasteiger partial charge is 0.389 e. The second kappa shape index (κ2) is 5.61. The molecule has 1 aromatic carbocycles. The SMILES string of the molecule is CC(O)c1ccc(S(=O)(=O)NC(C)C2CCC2)cc1. The standard InChI is InChI=1S/C14H21NO3S/c1-10(12-4-3-5-12)15-19(17,18)14-8-6-13(7-9-14)11(2)16/h6-12,15-16H,3-5H2,1-2H3. The number of hydrogen-bond acceptors (Lipinski definition) is 3. The van der Waals surface area contributed by atoms with Crippen LogP contribution in [0.2, 0.25) is 0 Å². The second-order valence-electron chi connectivity index (χ2n) is 5.35. The Kier molecular flexibility index (Phi) is 4.28. The Morgan fingerprint density at radius 2 is 1.79 bits per heavy atom. The molecule has 2 N–H and O–H groups in total. The summed E-state index contributed by atoms with van der Waals surface area (Å²) in [5.41, 5.74) is 0.714. The van der Waals surface area contributed by atoms with Gasteiger partial charge in [0, 0.05) is 6.04 Å². The number of aliphatic hydroxyl groups excluding tert-OH is 1. The first kappa shape index (κ1) is 14.5. The fourth-order valence-corrected chi connectivity index (χ4v) is 3.59. The molecule has 1 aromatic rings. The minimum atomic E-state index is -3.45. The number of sulfonamides is 1. The lowest BCUT2D eigenvalue weighted by molar-refractivity contribution is 0.199. The van der Waals surface area contributed by atoms with Crippen LogP contribution in [-0.2, 0) is 10.0 Å². The third kappa shape index (κ3) is 3.35. The van der Waals surface area contributed by atoms with Gasteiger partial charge in [-0.25, -0.2) is 13.1 Å². The van der Waals surface area contributed by atoms with Crippen molar-refractivity contribution in [1.82, 2.24) is 4.72 Å². The molecule has 0 bridgehead atoms. The molecule has 2 atom stereocenters. The molecule has 19 heavy (non-hydrogen) atoms. The highest BCUT2D eigenvalue weighted by molar-refractivity contribution is 7.89. The lowest BCUT2D eigenvalue weighted by Crippen LogP contribution is -2.40. The lowest BCUT2D eigenvalue weighted by atomic mass is 9.81. The van der Waals surface area contributed by atoms with Crippen LogP contribution in [0.25, 0.3) is 0 Å². The molecule has 1 aliphatic rings. The second-order valence-corrected chi connectivity index (χ2v) is 7.06. The van der Waals surface area contributed by atoms with E-state index in [4.69, 9.17) is 0 Å². The Balaban J connectivity index is 2.10. The summed E-state index contributed by atoms with van der Waals surface area (Å²) in [6.07, 6.45) is 2.81. The van der Waals surface area contributed by atoms with Gasteiger partial charge in [0.2, 0.25) is 10.0 Å². The van der Waals surface area contributed by atoms with Crippen LogP contribution in [0.1, 0.15) is 44.8 Å². The van der Waals surface area contributed by atoms with Gasteiger partial charge in [0.25, 0.3) is 0 Å². The highest BCUT2D eigenvalue weighted by Gasteiger charge is 2.27. The Labute approximate surface area is 114 Å². The first-order valence-electron chi connectivity index (χ1n) is 6.70. The van der Waals surface area contributed by atoms with Gasteiger partial charge >= 0.3 is 0 Å². The molecule has 1 aliphatic carbocycles. The molecule has 1 fully saturated rings. The van der Waals surface area contributed by atoms with Crippen molar-refractivity contribution in [2.75, 3.05) is 0 Å². The van der Waals surface area contributed by atoms with Crippen LogP contribution in [0, 0.1) is 5.92 Å². The molecule has 0 aromatic heterocycles.